The first-order chi connectivity index (χ1) is 31.8. The Morgan fingerprint density at radius 1 is 0.219 bits per heavy atom. The Bertz CT molecular complexity index is 3830. The second-order valence-electron chi connectivity index (χ2n) is 16.8. The van der Waals surface area contributed by atoms with Crippen LogP contribution in [0.25, 0.3) is 82.5 Å². The molecule has 0 atom stereocenters. The van der Waals surface area contributed by atoms with Crippen molar-refractivity contribution in [2.45, 2.75) is 0 Å². The number of hydrogen-bond donors (Lipinski definition) is 0. The number of nitrogens with zero attached hydrogens (tertiary/aromatic N) is 3. The van der Waals surface area contributed by atoms with Crippen molar-refractivity contribution < 1.29 is 0 Å². The van der Waals surface area contributed by atoms with Gasteiger partial charge >= 0.3 is 0 Å². The van der Waals surface area contributed by atoms with E-state index in [0.29, 0.717) is 0 Å². The van der Waals surface area contributed by atoms with Gasteiger partial charge in [0.15, 0.2) is 8.07 Å². The van der Waals surface area contributed by atoms with Crippen molar-refractivity contribution in [1.29, 1.82) is 0 Å². The highest BCUT2D eigenvalue weighted by Gasteiger charge is 2.42. The predicted molar refractivity (Wildman–Crippen MR) is 273 cm³/mol. The van der Waals surface area contributed by atoms with E-state index in [-0.39, 0.29) is 0 Å². The van der Waals surface area contributed by atoms with Crippen LogP contribution < -0.4 is 20.7 Å². The van der Waals surface area contributed by atoms with E-state index in [2.05, 4.69) is 262 Å². The molecule has 0 radical (unpaired) electrons. The molecule has 13 aromatic rings. The lowest BCUT2D eigenvalue weighted by molar-refractivity contribution is 1.17. The summed E-state index contributed by atoms with van der Waals surface area (Å²) in [7, 11) is -2.91. The molecule has 13 rings (SSSR count). The molecule has 3 heterocycles. The van der Waals surface area contributed by atoms with Gasteiger partial charge in [0.1, 0.15) is 0 Å². The Morgan fingerprint density at radius 2 is 0.547 bits per heavy atom. The first kappa shape index (κ1) is 36.5. The van der Waals surface area contributed by atoms with Crippen LogP contribution in [0.15, 0.2) is 249 Å². The van der Waals surface area contributed by atoms with E-state index in [1.165, 1.54) is 91.9 Å². The minimum absolute atomic E-state index is 1.14. The van der Waals surface area contributed by atoms with Gasteiger partial charge in [0.05, 0.1) is 33.1 Å². The van der Waals surface area contributed by atoms with Gasteiger partial charge in [0.2, 0.25) is 0 Å². The fourth-order valence-corrected chi connectivity index (χ4v) is 15.7. The van der Waals surface area contributed by atoms with Crippen LogP contribution in [0.4, 0.5) is 0 Å². The van der Waals surface area contributed by atoms with Gasteiger partial charge in [-0.25, -0.2) is 0 Å². The molecular formula is C60H41N3Si. The molecule has 0 amide bonds. The minimum atomic E-state index is -2.91. The van der Waals surface area contributed by atoms with Crippen molar-refractivity contribution >= 4 is 94.2 Å². The molecule has 300 valence electrons. The molecule has 10 aromatic carbocycles. The van der Waals surface area contributed by atoms with Gasteiger partial charge in [-0.15, -0.1) is 0 Å². The predicted octanol–water partition coefficient (Wildman–Crippen LogP) is 12.4. The van der Waals surface area contributed by atoms with Crippen molar-refractivity contribution in [2.24, 2.45) is 0 Å². The van der Waals surface area contributed by atoms with Gasteiger partial charge in [0, 0.05) is 49.4 Å². The van der Waals surface area contributed by atoms with Gasteiger partial charge < -0.3 is 13.7 Å². The zero-order valence-corrected chi connectivity index (χ0v) is 36.0. The third kappa shape index (κ3) is 5.27. The maximum Gasteiger partial charge on any atom is 0.179 e. The summed E-state index contributed by atoms with van der Waals surface area (Å²) in [5.74, 6) is 0. The standard InChI is InChI=1S/C60H41N3Si/c1-5-19-42(20-6-1)61-53-30-16-13-27-49(53)52-41-48(37-38-56(52)61)64(45-23-9-3-10-24-45,46-25-11-4-12-26-46)47-35-33-44(34-36-47)63-55-32-18-15-29-51(55)60-58(63)40-39-57-59(60)50-28-14-17-31-54(50)62(57)43-21-7-2-8-22-43/h1-41H. The van der Waals surface area contributed by atoms with Crippen LogP contribution in [0.1, 0.15) is 0 Å². The highest BCUT2D eigenvalue weighted by molar-refractivity contribution is 7.20. The molecule has 64 heavy (non-hydrogen) atoms. The van der Waals surface area contributed by atoms with Crippen LogP contribution in [-0.2, 0) is 0 Å². The first-order valence-corrected chi connectivity index (χ1v) is 24.1. The molecule has 0 aliphatic rings. The van der Waals surface area contributed by atoms with Crippen molar-refractivity contribution in [1.82, 2.24) is 13.7 Å². The summed E-state index contributed by atoms with van der Waals surface area (Å²) in [4.78, 5) is 0. The van der Waals surface area contributed by atoms with Crippen LogP contribution >= 0.6 is 0 Å². The largest absolute Gasteiger partial charge is 0.309 e. The zero-order chi connectivity index (χ0) is 42.2. The second kappa shape index (κ2) is 14.5. The van der Waals surface area contributed by atoms with Crippen molar-refractivity contribution in [3.8, 4) is 17.1 Å². The van der Waals surface area contributed by atoms with Gasteiger partial charge in [-0.3, -0.25) is 0 Å². The number of aromatic nitrogens is 3. The molecule has 4 heteroatoms. The highest BCUT2D eigenvalue weighted by atomic mass is 28.3. The zero-order valence-electron chi connectivity index (χ0n) is 35.0. The third-order valence-electron chi connectivity index (χ3n) is 13.6. The van der Waals surface area contributed by atoms with Crippen molar-refractivity contribution in [3.63, 3.8) is 0 Å². The summed E-state index contributed by atoms with van der Waals surface area (Å²) in [6, 6.07) is 92.2. The molecule has 0 fully saturated rings. The Balaban J connectivity index is 1.06. The molecule has 0 saturated heterocycles. The quantitative estimate of drug-likeness (QED) is 0.112. The van der Waals surface area contributed by atoms with E-state index in [9.17, 15) is 0 Å². The van der Waals surface area contributed by atoms with E-state index >= 15 is 0 Å². The Hall–Kier alpha value is -8.18. The first-order valence-electron chi connectivity index (χ1n) is 22.1. The van der Waals surface area contributed by atoms with E-state index in [4.69, 9.17) is 0 Å². The Morgan fingerprint density at radius 3 is 1.05 bits per heavy atom. The number of rotatable bonds is 7. The smallest absolute Gasteiger partial charge is 0.179 e. The summed E-state index contributed by atoms with van der Waals surface area (Å²) < 4.78 is 7.30. The van der Waals surface area contributed by atoms with Crippen LogP contribution in [0.5, 0.6) is 0 Å². The summed E-state index contributed by atoms with van der Waals surface area (Å²) in [6.07, 6.45) is 0. The number of benzene rings is 10. The molecule has 0 aliphatic carbocycles. The lowest BCUT2D eigenvalue weighted by Crippen LogP contribution is -2.74. The molecule has 0 bridgehead atoms. The highest BCUT2D eigenvalue weighted by Crippen LogP contribution is 2.42. The molecule has 0 saturated carbocycles. The lowest BCUT2D eigenvalue weighted by Gasteiger charge is -2.34. The average molecular weight is 832 g/mol. The maximum absolute atomic E-state index is 2.91. The lowest BCUT2D eigenvalue weighted by atomic mass is 10.1. The molecule has 0 unspecified atom stereocenters. The third-order valence-corrected chi connectivity index (χ3v) is 18.4. The van der Waals surface area contributed by atoms with Gasteiger partial charge in [-0.05, 0) is 93.5 Å². The van der Waals surface area contributed by atoms with E-state index in [1.54, 1.807) is 0 Å². The number of hydrogen-bond acceptors (Lipinski definition) is 0. The molecule has 3 aromatic heterocycles. The minimum Gasteiger partial charge on any atom is -0.309 e. The van der Waals surface area contributed by atoms with E-state index < -0.39 is 8.07 Å². The Kier molecular flexibility index (Phi) is 8.23. The van der Waals surface area contributed by atoms with E-state index in [1.807, 2.05) is 0 Å². The van der Waals surface area contributed by atoms with E-state index in [0.717, 1.165) is 11.4 Å². The van der Waals surface area contributed by atoms with Crippen molar-refractivity contribution in [3.05, 3.63) is 249 Å². The van der Waals surface area contributed by atoms with Crippen LogP contribution in [0.3, 0.4) is 0 Å². The topological polar surface area (TPSA) is 14.8 Å². The molecule has 0 aliphatic heterocycles. The SMILES string of the molecule is c1ccc(-n2c3ccccc3c3cc([Si](c4ccccc4)(c4ccccc4)c4ccc(-n5c6ccccc6c6c7c8ccccc8n(-c8ccccc8)c7ccc65)cc4)ccc32)cc1. The van der Waals surface area contributed by atoms with Gasteiger partial charge in [-0.2, -0.15) is 0 Å². The summed E-state index contributed by atoms with van der Waals surface area (Å²) >= 11 is 0. The summed E-state index contributed by atoms with van der Waals surface area (Å²) in [6.45, 7) is 0. The summed E-state index contributed by atoms with van der Waals surface area (Å²) in [5, 5.41) is 13.0. The summed E-state index contributed by atoms with van der Waals surface area (Å²) in [5.41, 5.74) is 10.7. The van der Waals surface area contributed by atoms with Crippen molar-refractivity contribution in [2.75, 3.05) is 0 Å². The second-order valence-corrected chi connectivity index (χ2v) is 20.7. The van der Waals surface area contributed by atoms with Crippen LogP contribution in [0, 0.1) is 0 Å². The molecule has 0 spiro atoms. The molecular weight excluding hydrogens is 791 g/mol. The molecule has 3 nitrogen and oxygen atoms in total. The maximum atomic E-state index is 2.52. The average Bonchev–Trinajstić information content (AvgIpc) is 4.01. The Labute approximate surface area is 372 Å². The monoisotopic (exact) mass is 831 g/mol. The normalized spacial score (nSPS) is 12.1. The number of para-hydroxylation sites is 5. The number of fused-ring (bicyclic) bond motifs is 10. The fraction of sp³-hybridized carbons (Fsp3) is 0. The van der Waals surface area contributed by atoms with Crippen LogP contribution in [-0.4, -0.2) is 21.8 Å². The van der Waals surface area contributed by atoms with Gasteiger partial charge in [0.25, 0.3) is 0 Å². The van der Waals surface area contributed by atoms with Gasteiger partial charge in [-0.1, -0.05) is 176 Å². The van der Waals surface area contributed by atoms with Crippen LogP contribution in [0.2, 0.25) is 0 Å². The molecule has 0 N–H and O–H groups in total. The fourth-order valence-electron chi connectivity index (χ4n) is 10.9.